The zero-order chi connectivity index (χ0) is 26.2. The standard InChI is InChI=1S/C25H18F4N6O2/c26-18-7-14(17-10-32-23(33-11-17)35-21-12-31-13-34-21)1-2-15(18)8-19(36)22(30)16-3-6-37-20(9-16)24(4-5-24)25(27,28)29/h1-2,6-7,9-13,30H,4-5,8H2,(H,31,34)(H,32,33,35). The molecular formula is C25H18F4N6O2. The van der Waals surface area contributed by atoms with Gasteiger partial charge in [0.1, 0.15) is 29.0 Å². The van der Waals surface area contributed by atoms with Gasteiger partial charge in [-0.3, -0.25) is 10.2 Å². The number of aromatic amines is 1. The molecule has 0 atom stereocenters. The fourth-order valence-corrected chi connectivity index (χ4v) is 3.82. The number of nitrogens with one attached hydrogen (secondary N) is 3. The third kappa shape index (κ3) is 4.78. The third-order valence-corrected chi connectivity index (χ3v) is 6.12. The molecular weight excluding hydrogens is 492 g/mol. The first-order chi connectivity index (χ1) is 17.7. The summed E-state index contributed by atoms with van der Waals surface area (Å²) in [4.78, 5) is 27.8. The average Bonchev–Trinajstić information content (AvgIpc) is 3.57. The van der Waals surface area contributed by atoms with Gasteiger partial charge in [0.15, 0.2) is 11.6 Å². The van der Waals surface area contributed by atoms with Crippen molar-refractivity contribution in [3.8, 4) is 11.1 Å². The van der Waals surface area contributed by atoms with Crippen LogP contribution in [0.4, 0.5) is 29.3 Å². The number of imidazole rings is 1. The molecule has 12 heteroatoms. The van der Waals surface area contributed by atoms with E-state index in [-0.39, 0.29) is 29.7 Å². The molecule has 2 aliphatic rings. The number of hydrogen-bond acceptors (Lipinski definition) is 7. The molecule has 0 saturated heterocycles. The predicted octanol–water partition coefficient (Wildman–Crippen LogP) is 5.18. The van der Waals surface area contributed by atoms with Gasteiger partial charge in [-0.25, -0.2) is 19.3 Å². The van der Waals surface area contributed by atoms with Crippen LogP contribution in [0.3, 0.4) is 0 Å². The Morgan fingerprint density at radius 2 is 1.95 bits per heavy atom. The molecule has 0 spiro atoms. The maximum atomic E-state index is 14.8. The van der Waals surface area contributed by atoms with Crippen LogP contribution < -0.4 is 5.32 Å². The van der Waals surface area contributed by atoms with Crippen LogP contribution in [-0.4, -0.2) is 37.6 Å². The quantitative estimate of drug-likeness (QED) is 0.219. The number of carbonyl (C=O) groups is 1. The number of Topliss-reactive ketones (excluding diaryl/α,β-unsaturated/α-hetero) is 1. The van der Waals surface area contributed by atoms with Crippen molar-refractivity contribution >= 4 is 23.3 Å². The van der Waals surface area contributed by atoms with E-state index in [2.05, 4.69) is 31.0 Å². The SMILES string of the molecule is N=C(C(=O)Cc1ccc(-c2cnc(Nc3c[nH]cn3)nc2)cc1F)C1=C=COC(C2(C(F)(F)F)CC2)=C1. The van der Waals surface area contributed by atoms with E-state index in [0.29, 0.717) is 22.9 Å². The Bertz CT molecular complexity index is 1470. The van der Waals surface area contributed by atoms with Gasteiger partial charge in [-0.1, -0.05) is 17.9 Å². The van der Waals surface area contributed by atoms with Gasteiger partial charge in [-0.05, 0) is 36.1 Å². The number of rotatable bonds is 8. The minimum absolute atomic E-state index is 0.0334. The van der Waals surface area contributed by atoms with E-state index < -0.39 is 35.3 Å². The first-order valence-corrected chi connectivity index (χ1v) is 11.1. The predicted molar refractivity (Wildman–Crippen MR) is 124 cm³/mol. The number of hydrogen-bond donors (Lipinski definition) is 3. The van der Waals surface area contributed by atoms with Gasteiger partial charge in [0.25, 0.3) is 0 Å². The van der Waals surface area contributed by atoms with E-state index in [9.17, 15) is 22.4 Å². The van der Waals surface area contributed by atoms with Crippen molar-refractivity contribution in [2.75, 3.05) is 5.32 Å². The van der Waals surface area contributed by atoms with Crippen LogP contribution in [0, 0.1) is 16.6 Å². The van der Waals surface area contributed by atoms with Gasteiger partial charge < -0.3 is 15.0 Å². The van der Waals surface area contributed by atoms with Gasteiger partial charge in [0.2, 0.25) is 5.95 Å². The van der Waals surface area contributed by atoms with E-state index in [1.54, 1.807) is 12.3 Å². The lowest BCUT2D eigenvalue weighted by atomic mass is 9.95. The topological polar surface area (TPSA) is 117 Å². The fourth-order valence-electron chi connectivity index (χ4n) is 3.82. The molecule has 1 fully saturated rings. The van der Waals surface area contributed by atoms with Crippen LogP contribution in [-0.2, 0) is 16.0 Å². The van der Waals surface area contributed by atoms with E-state index in [0.717, 1.165) is 12.3 Å². The Hall–Kier alpha value is -4.57. The molecule has 188 valence electrons. The number of allylic oxidation sites excluding steroid dienone is 3. The van der Waals surface area contributed by atoms with Crippen molar-refractivity contribution < 1.29 is 27.1 Å². The van der Waals surface area contributed by atoms with Gasteiger partial charge >= 0.3 is 6.18 Å². The zero-order valence-corrected chi connectivity index (χ0v) is 19.0. The maximum Gasteiger partial charge on any atom is 0.401 e. The number of halogens is 4. The van der Waals surface area contributed by atoms with Crippen molar-refractivity contribution in [2.45, 2.75) is 25.4 Å². The van der Waals surface area contributed by atoms with Crippen LogP contribution in [0.15, 0.2) is 72.5 Å². The van der Waals surface area contributed by atoms with Crippen LogP contribution in [0.25, 0.3) is 11.1 Å². The summed E-state index contributed by atoms with van der Waals surface area (Å²) in [5.74, 6) is -0.985. The summed E-state index contributed by atoms with van der Waals surface area (Å²) in [6, 6.07) is 4.21. The molecule has 3 heterocycles. The van der Waals surface area contributed by atoms with Crippen LogP contribution in [0.1, 0.15) is 18.4 Å². The second-order valence-electron chi connectivity index (χ2n) is 8.54. The van der Waals surface area contributed by atoms with E-state index >= 15 is 0 Å². The normalized spacial score (nSPS) is 15.9. The lowest BCUT2D eigenvalue weighted by Gasteiger charge is -2.22. The molecule has 8 nitrogen and oxygen atoms in total. The number of nitrogens with zero attached hydrogens (tertiary/aromatic N) is 3. The number of alkyl halides is 3. The third-order valence-electron chi connectivity index (χ3n) is 6.12. The highest BCUT2D eigenvalue weighted by atomic mass is 19.4. The molecule has 0 unspecified atom stereocenters. The number of aromatic nitrogens is 4. The molecule has 37 heavy (non-hydrogen) atoms. The molecule has 0 amide bonds. The van der Waals surface area contributed by atoms with Crippen LogP contribution in [0.5, 0.6) is 0 Å². The zero-order valence-electron chi connectivity index (χ0n) is 19.0. The smallest absolute Gasteiger partial charge is 0.401 e. The fraction of sp³-hybridized carbons (Fsp3) is 0.200. The van der Waals surface area contributed by atoms with Crippen molar-refractivity contribution in [3.63, 3.8) is 0 Å². The molecule has 0 bridgehead atoms. The van der Waals surface area contributed by atoms with E-state index in [1.165, 1.54) is 30.9 Å². The average molecular weight is 510 g/mol. The minimum atomic E-state index is -4.51. The first kappa shape index (κ1) is 24.1. The first-order valence-electron chi connectivity index (χ1n) is 11.1. The highest BCUT2D eigenvalue weighted by Crippen LogP contribution is 2.62. The number of benzene rings is 1. The molecule has 1 aromatic carbocycles. The number of H-pyrrole nitrogens is 1. The molecule has 1 saturated carbocycles. The Kier molecular flexibility index (Phi) is 5.96. The van der Waals surface area contributed by atoms with Gasteiger partial charge in [0.05, 0.1) is 11.9 Å². The Balaban J connectivity index is 1.27. The Labute approximate surface area is 207 Å². The number of anilines is 2. The van der Waals surface area contributed by atoms with E-state index in [4.69, 9.17) is 10.1 Å². The molecule has 1 aliphatic heterocycles. The Morgan fingerprint density at radius 3 is 2.57 bits per heavy atom. The van der Waals surface area contributed by atoms with Crippen molar-refractivity contribution in [1.82, 2.24) is 19.9 Å². The van der Waals surface area contributed by atoms with Crippen molar-refractivity contribution in [1.29, 1.82) is 5.41 Å². The monoisotopic (exact) mass is 510 g/mol. The summed E-state index contributed by atoms with van der Waals surface area (Å²) in [7, 11) is 0. The number of carbonyl (C=O) groups excluding carboxylic acids is 1. The van der Waals surface area contributed by atoms with Crippen LogP contribution >= 0.6 is 0 Å². The summed E-state index contributed by atoms with van der Waals surface area (Å²) in [5.41, 5.74) is 0.716. The molecule has 2 aromatic heterocycles. The van der Waals surface area contributed by atoms with Gasteiger partial charge in [-0.2, -0.15) is 13.2 Å². The van der Waals surface area contributed by atoms with Crippen LogP contribution in [0.2, 0.25) is 0 Å². The molecule has 3 N–H and O–H groups in total. The second kappa shape index (κ2) is 9.14. The lowest BCUT2D eigenvalue weighted by molar-refractivity contribution is -0.183. The van der Waals surface area contributed by atoms with Gasteiger partial charge in [-0.15, -0.1) is 0 Å². The largest absolute Gasteiger partial charge is 0.460 e. The summed E-state index contributed by atoms with van der Waals surface area (Å²) in [5, 5.41) is 11.0. The van der Waals surface area contributed by atoms with E-state index in [1.807, 2.05) is 0 Å². The maximum absolute atomic E-state index is 14.8. The van der Waals surface area contributed by atoms with Gasteiger partial charge in [0, 0.05) is 30.6 Å². The highest BCUT2D eigenvalue weighted by molar-refractivity contribution is 6.46. The summed E-state index contributed by atoms with van der Waals surface area (Å²) < 4.78 is 60.1. The molecule has 5 rings (SSSR count). The van der Waals surface area contributed by atoms with Crippen molar-refractivity contribution in [3.05, 3.63) is 83.9 Å². The van der Waals surface area contributed by atoms with Crippen molar-refractivity contribution in [2.24, 2.45) is 5.41 Å². The number of ketones is 1. The minimum Gasteiger partial charge on any atom is -0.460 e. The molecule has 1 aliphatic carbocycles. The molecule has 3 aromatic rings. The lowest BCUT2D eigenvalue weighted by Crippen LogP contribution is -2.28. The Morgan fingerprint density at radius 1 is 1.19 bits per heavy atom. The summed E-state index contributed by atoms with van der Waals surface area (Å²) in [6.45, 7) is 0. The second-order valence-corrected chi connectivity index (χ2v) is 8.54. The highest BCUT2D eigenvalue weighted by Gasteiger charge is 2.67. The summed E-state index contributed by atoms with van der Waals surface area (Å²) >= 11 is 0. The summed E-state index contributed by atoms with van der Waals surface area (Å²) in [6.07, 6.45) is 2.83. The molecule has 0 radical (unpaired) electrons. The number of ether oxygens (including phenoxy) is 1.